The first-order valence-electron chi connectivity index (χ1n) is 8.99. The van der Waals surface area contributed by atoms with E-state index < -0.39 is 11.9 Å². The van der Waals surface area contributed by atoms with Gasteiger partial charge in [-0.3, -0.25) is 0 Å². The van der Waals surface area contributed by atoms with Crippen molar-refractivity contribution < 1.29 is 19.0 Å². The SMILES string of the molecule is CC1(C)OC[C@H](/C=N/NC(=O)OCC2c3ccccc3-c3ccccc32)O1. The molecule has 1 aliphatic heterocycles. The molecule has 27 heavy (non-hydrogen) atoms. The predicted octanol–water partition coefficient (Wildman–Crippen LogP) is 3.66. The molecule has 1 saturated heterocycles. The molecular weight excluding hydrogens is 344 g/mol. The summed E-state index contributed by atoms with van der Waals surface area (Å²) in [6.45, 7) is 4.33. The molecule has 1 atom stereocenters. The minimum Gasteiger partial charge on any atom is -0.447 e. The zero-order chi connectivity index (χ0) is 18.9. The number of ether oxygens (including phenoxy) is 3. The fraction of sp³-hybridized carbons (Fsp3) is 0.333. The number of nitrogens with zero attached hydrogens (tertiary/aromatic N) is 1. The Morgan fingerprint density at radius 3 is 2.41 bits per heavy atom. The highest BCUT2D eigenvalue weighted by molar-refractivity contribution is 5.79. The summed E-state index contributed by atoms with van der Waals surface area (Å²) in [5.41, 5.74) is 7.12. The van der Waals surface area contributed by atoms with Gasteiger partial charge < -0.3 is 14.2 Å². The average Bonchev–Trinajstić information content (AvgIpc) is 3.17. The third-order valence-electron chi connectivity index (χ3n) is 4.77. The normalized spacial score (nSPS) is 20.4. The third kappa shape index (κ3) is 3.72. The molecule has 1 N–H and O–H groups in total. The summed E-state index contributed by atoms with van der Waals surface area (Å²) in [5, 5.41) is 3.90. The van der Waals surface area contributed by atoms with Crippen LogP contribution >= 0.6 is 0 Å². The lowest BCUT2D eigenvalue weighted by atomic mass is 9.98. The molecular formula is C21H22N2O4. The van der Waals surface area contributed by atoms with E-state index in [9.17, 15) is 4.79 Å². The smallest absolute Gasteiger partial charge is 0.427 e. The number of carbonyl (C=O) groups excluding carboxylic acids is 1. The second-order valence-corrected chi connectivity index (χ2v) is 7.08. The first-order valence-corrected chi connectivity index (χ1v) is 8.99. The van der Waals surface area contributed by atoms with Crippen molar-refractivity contribution in [1.82, 2.24) is 5.43 Å². The van der Waals surface area contributed by atoms with Crippen LogP contribution < -0.4 is 5.43 Å². The number of nitrogens with one attached hydrogen (secondary N) is 1. The van der Waals surface area contributed by atoms with E-state index in [-0.39, 0.29) is 18.6 Å². The van der Waals surface area contributed by atoms with Gasteiger partial charge in [0.15, 0.2) is 5.79 Å². The maximum absolute atomic E-state index is 12.0. The Bertz CT molecular complexity index is 832. The van der Waals surface area contributed by atoms with Gasteiger partial charge in [-0.15, -0.1) is 0 Å². The molecule has 2 aliphatic rings. The summed E-state index contributed by atoms with van der Waals surface area (Å²) in [6.07, 6.45) is 0.635. The van der Waals surface area contributed by atoms with E-state index in [1.54, 1.807) is 0 Å². The maximum Gasteiger partial charge on any atom is 0.427 e. The zero-order valence-corrected chi connectivity index (χ0v) is 15.3. The average molecular weight is 366 g/mol. The van der Waals surface area contributed by atoms with E-state index in [0.29, 0.717) is 6.61 Å². The van der Waals surface area contributed by atoms with Crippen molar-refractivity contribution in [1.29, 1.82) is 0 Å². The van der Waals surface area contributed by atoms with E-state index in [1.165, 1.54) is 28.5 Å². The molecule has 2 aromatic carbocycles. The number of hydrazone groups is 1. The largest absolute Gasteiger partial charge is 0.447 e. The minimum atomic E-state index is -0.625. The Hall–Kier alpha value is -2.70. The van der Waals surface area contributed by atoms with Crippen LogP contribution in [-0.4, -0.2) is 37.4 Å². The van der Waals surface area contributed by atoms with Crippen molar-refractivity contribution in [3.8, 4) is 11.1 Å². The van der Waals surface area contributed by atoms with Crippen molar-refractivity contribution in [3.63, 3.8) is 0 Å². The summed E-state index contributed by atoms with van der Waals surface area (Å²) in [6, 6.07) is 16.4. The number of hydrogen-bond acceptors (Lipinski definition) is 5. The Balaban J connectivity index is 1.36. The lowest BCUT2D eigenvalue weighted by molar-refractivity contribution is -0.130. The molecule has 1 amide bonds. The van der Waals surface area contributed by atoms with Gasteiger partial charge in [0.2, 0.25) is 0 Å². The maximum atomic E-state index is 12.0. The molecule has 2 aromatic rings. The van der Waals surface area contributed by atoms with Gasteiger partial charge in [-0.1, -0.05) is 48.5 Å². The quantitative estimate of drug-likeness (QED) is 0.662. The molecule has 6 heteroatoms. The highest BCUT2D eigenvalue weighted by Crippen LogP contribution is 2.44. The molecule has 0 saturated carbocycles. The van der Waals surface area contributed by atoms with Gasteiger partial charge in [0.25, 0.3) is 0 Å². The third-order valence-corrected chi connectivity index (χ3v) is 4.77. The van der Waals surface area contributed by atoms with Crippen LogP contribution in [0.1, 0.15) is 30.9 Å². The molecule has 1 fully saturated rings. The second-order valence-electron chi connectivity index (χ2n) is 7.08. The van der Waals surface area contributed by atoms with E-state index in [1.807, 2.05) is 38.1 Å². The van der Waals surface area contributed by atoms with Gasteiger partial charge >= 0.3 is 6.09 Å². The number of carbonyl (C=O) groups is 1. The fourth-order valence-corrected chi connectivity index (χ4v) is 3.59. The van der Waals surface area contributed by atoms with Gasteiger partial charge in [-0.05, 0) is 36.1 Å². The Morgan fingerprint density at radius 2 is 1.81 bits per heavy atom. The standard InChI is InChI=1S/C21H22N2O4/c1-21(2)26-12-14(27-21)11-22-23-20(24)25-13-19-17-9-5-3-7-15(17)16-8-4-6-10-18(16)19/h3-11,14,19H,12-13H2,1-2H3,(H,23,24)/b22-11+/t14-/m0/s1. The van der Waals surface area contributed by atoms with Gasteiger partial charge in [-0.2, -0.15) is 5.10 Å². The molecule has 0 spiro atoms. The summed E-state index contributed by atoms with van der Waals surface area (Å²) < 4.78 is 16.4. The molecule has 1 heterocycles. The molecule has 6 nitrogen and oxygen atoms in total. The van der Waals surface area contributed by atoms with Crippen molar-refractivity contribution in [2.45, 2.75) is 31.7 Å². The second kappa shape index (κ2) is 7.13. The monoisotopic (exact) mass is 366 g/mol. The van der Waals surface area contributed by atoms with E-state index >= 15 is 0 Å². The van der Waals surface area contributed by atoms with Crippen LogP contribution in [-0.2, 0) is 14.2 Å². The molecule has 0 unspecified atom stereocenters. The van der Waals surface area contributed by atoms with E-state index in [4.69, 9.17) is 14.2 Å². The number of benzene rings is 2. The van der Waals surface area contributed by atoms with Gasteiger partial charge in [0, 0.05) is 5.92 Å². The molecule has 140 valence electrons. The predicted molar refractivity (Wildman–Crippen MR) is 102 cm³/mol. The topological polar surface area (TPSA) is 69.2 Å². The summed E-state index contributed by atoms with van der Waals surface area (Å²) in [7, 11) is 0. The van der Waals surface area contributed by atoms with E-state index in [0.717, 1.165) is 0 Å². The van der Waals surface area contributed by atoms with Crippen LogP contribution in [0, 0.1) is 0 Å². The molecule has 0 radical (unpaired) electrons. The van der Waals surface area contributed by atoms with Crippen LogP contribution in [0.3, 0.4) is 0 Å². The van der Waals surface area contributed by atoms with Gasteiger partial charge in [0.05, 0.1) is 12.8 Å². The van der Waals surface area contributed by atoms with Gasteiger partial charge in [-0.25, -0.2) is 10.2 Å². The first kappa shape index (κ1) is 17.7. The summed E-state index contributed by atoms with van der Waals surface area (Å²) in [5.74, 6) is -0.597. The summed E-state index contributed by atoms with van der Waals surface area (Å²) in [4.78, 5) is 12.0. The molecule has 4 rings (SSSR count). The number of hydrogen-bond donors (Lipinski definition) is 1. The Morgan fingerprint density at radius 1 is 1.19 bits per heavy atom. The first-order chi connectivity index (χ1) is 13.0. The lowest BCUT2D eigenvalue weighted by Crippen LogP contribution is -2.25. The van der Waals surface area contributed by atoms with Crippen LogP contribution in [0.5, 0.6) is 0 Å². The van der Waals surface area contributed by atoms with Crippen molar-refractivity contribution >= 4 is 12.3 Å². The lowest BCUT2D eigenvalue weighted by Gasteiger charge is -2.15. The number of fused-ring (bicyclic) bond motifs is 3. The number of rotatable bonds is 4. The van der Waals surface area contributed by atoms with E-state index in [2.05, 4.69) is 34.8 Å². The fourth-order valence-electron chi connectivity index (χ4n) is 3.59. The minimum absolute atomic E-state index is 0.0273. The van der Waals surface area contributed by atoms with Crippen molar-refractivity contribution in [2.75, 3.05) is 13.2 Å². The summed E-state index contributed by atoms with van der Waals surface area (Å²) >= 11 is 0. The highest BCUT2D eigenvalue weighted by atomic mass is 16.7. The molecule has 0 bridgehead atoms. The van der Waals surface area contributed by atoms with Crippen LogP contribution in [0.4, 0.5) is 4.79 Å². The van der Waals surface area contributed by atoms with Crippen molar-refractivity contribution in [2.24, 2.45) is 5.10 Å². The van der Waals surface area contributed by atoms with Crippen LogP contribution in [0.2, 0.25) is 0 Å². The van der Waals surface area contributed by atoms with Crippen LogP contribution in [0.25, 0.3) is 11.1 Å². The Kier molecular flexibility index (Phi) is 4.68. The van der Waals surface area contributed by atoms with Gasteiger partial charge in [0.1, 0.15) is 12.7 Å². The Labute approximate surface area is 158 Å². The zero-order valence-electron chi connectivity index (χ0n) is 15.3. The highest BCUT2D eigenvalue weighted by Gasteiger charge is 2.32. The number of amides is 1. The molecule has 0 aromatic heterocycles. The van der Waals surface area contributed by atoms with Crippen LogP contribution in [0.15, 0.2) is 53.6 Å². The van der Waals surface area contributed by atoms with Crippen molar-refractivity contribution in [3.05, 3.63) is 59.7 Å². The molecule has 1 aliphatic carbocycles.